The van der Waals surface area contributed by atoms with Crippen molar-refractivity contribution in [1.29, 1.82) is 0 Å². The van der Waals surface area contributed by atoms with E-state index in [0.717, 1.165) is 22.4 Å². The second-order valence-electron chi connectivity index (χ2n) is 20.5. The number of hydrogen-bond acceptors (Lipinski definition) is 19. The first-order valence-corrected chi connectivity index (χ1v) is 27.3. The quantitative estimate of drug-likeness (QED) is 0.0762. The van der Waals surface area contributed by atoms with Crippen molar-refractivity contribution < 1.29 is 52.2 Å². The Morgan fingerprint density at radius 1 is 0.662 bits per heavy atom. The van der Waals surface area contributed by atoms with Crippen molar-refractivity contribution in [1.82, 2.24) is 39.0 Å². The molecule has 4 N–H and O–H groups in total. The molecule has 0 bridgehead atoms. The van der Waals surface area contributed by atoms with Crippen molar-refractivity contribution in [3.63, 3.8) is 0 Å². The first-order chi connectivity index (χ1) is 35.5. The summed E-state index contributed by atoms with van der Waals surface area (Å²) in [6, 6.07) is 28.4. The van der Waals surface area contributed by atoms with Gasteiger partial charge < -0.3 is 63.2 Å². The van der Waals surface area contributed by atoms with E-state index in [1.165, 1.54) is 19.8 Å². The lowest BCUT2D eigenvalue weighted by Gasteiger charge is -2.37. The molecule has 11 rings (SSSR count). The summed E-state index contributed by atoms with van der Waals surface area (Å²) < 4.78 is 63.1. The summed E-state index contributed by atoms with van der Waals surface area (Å²) in [6.45, 7) is 13.4. The molecule has 4 saturated heterocycles. The number of methoxy groups -OCH3 is 3. The van der Waals surface area contributed by atoms with Crippen LogP contribution in [0.3, 0.4) is 0 Å². The van der Waals surface area contributed by atoms with E-state index in [4.69, 9.17) is 62.8 Å². The zero-order valence-electron chi connectivity index (χ0n) is 43.1. The zero-order chi connectivity index (χ0) is 52.2. The van der Waals surface area contributed by atoms with Gasteiger partial charge in [-0.3, -0.25) is 9.13 Å². The number of ether oxygens (including phenoxy) is 9. The molecule has 10 atom stereocenters. The van der Waals surface area contributed by atoms with Gasteiger partial charge in [-0.05, 0) is 60.8 Å². The summed E-state index contributed by atoms with van der Waals surface area (Å²) in [5, 5.41) is 14.0. The molecule has 7 aromatic rings. The van der Waals surface area contributed by atoms with Crippen molar-refractivity contribution in [3.8, 4) is 5.75 Å². The maximum absolute atomic E-state index is 10.1. The van der Waals surface area contributed by atoms with Gasteiger partial charge in [-0.2, -0.15) is 0 Å². The van der Waals surface area contributed by atoms with Gasteiger partial charge >= 0.3 is 0 Å². The number of benzene rings is 3. The van der Waals surface area contributed by atoms with Crippen LogP contribution in [0.4, 0.5) is 11.6 Å². The first-order valence-electron chi connectivity index (χ1n) is 24.4. The Bertz CT molecular complexity index is 3020. The number of aliphatic hydroxyl groups is 1. The largest absolute Gasteiger partial charge is 0.497 e. The number of fused-ring (bicyclic) bond motifs is 4. The third kappa shape index (κ3) is 8.79. The molecule has 21 nitrogen and oxygen atoms in total. The molecular weight excluding hydrogens is 969 g/mol. The predicted molar refractivity (Wildman–Crippen MR) is 273 cm³/mol. The summed E-state index contributed by atoms with van der Waals surface area (Å²) in [6.07, 6.45) is 3.05. The number of nitrogens with two attached hydrogens (primary N) is 1. The van der Waals surface area contributed by atoms with Crippen molar-refractivity contribution >= 4 is 42.3 Å². The number of imidazole rings is 2. The average molecular weight is 1030 g/mol. The topological polar surface area (TPSA) is 238 Å². The molecule has 4 aliphatic rings. The van der Waals surface area contributed by atoms with Gasteiger partial charge in [0, 0.05) is 14.2 Å². The molecule has 392 valence electrons. The van der Waals surface area contributed by atoms with Crippen molar-refractivity contribution in [3.05, 3.63) is 127 Å². The first kappa shape index (κ1) is 51.5. The second kappa shape index (κ2) is 19.9. The highest BCUT2D eigenvalue weighted by atomic mass is 28.4. The maximum Gasteiger partial charge on any atom is 0.272 e. The molecule has 4 aliphatic heterocycles. The van der Waals surface area contributed by atoms with E-state index in [-0.39, 0.29) is 23.9 Å². The van der Waals surface area contributed by atoms with Gasteiger partial charge in [0.1, 0.15) is 65.1 Å². The van der Waals surface area contributed by atoms with E-state index < -0.39 is 62.7 Å². The lowest BCUT2D eigenvalue weighted by atomic mass is 9.77. The third-order valence-electron chi connectivity index (χ3n) is 15.1. The van der Waals surface area contributed by atoms with Crippen LogP contribution < -0.4 is 15.8 Å². The number of nitrogens with zero attached hydrogens (tertiary/aromatic N) is 8. The van der Waals surface area contributed by atoms with E-state index in [1.54, 1.807) is 31.4 Å². The van der Waals surface area contributed by atoms with E-state index in [2.05, 4.69) is 95.5 Å². The van der Waals surface area contributed by atoms with Crippen molar-refractivity contribution in [2.75, 3.05) is 45.6 Å². The summed E-state index contributed by atoms with van der Waals surface area (Å²) in [7, 11) is 2.74. The summed E-state index contributed by atoms with van der Waals surface area (Å²) in [5.74, 6) is 1.59. The van der Waals surface area contributed by atoms with Gasteiger partial charge in [0.15, 0.2) is 49.2 Å². The molecule has 4 unspecified atom stereocenters. The number of aliphatic hydroxyl groups excluding tert-OH is 1. The molecule has 0 aliphatic carbocycles. The van der Waals surface area contributed by atoms with Gasteiger partial charge in [0.05, 0.1) is 33.0 Å². The highest BCUT2D eigenvalue weighted by molar-refractivity contribution is 6.74. The van der Waals surface area contributed by atoms with Crippen LogP contribution in [0.1, 0.15) is 63.8 Å². The monoisotopic (exact) mass is 1030 g/mol. The molecule has 4 fully saturated rings. The third-order valence-corrected chi connectivity index (χ3v) is 19.6. The fourth-order valence-corrected chi connectivity index (χ4v) is 11.1. The average Bonchev–Trinajstić information content (AvgIpc) is 4.27. The number of aromatic nitrogens is 8. The minimum absolute atomic E-state index is 0.0887. The Balaban J connectivity index is 0.000000182. The van der Waals surface area contributed by atoms with Crippen LogP contribution in [-0.4, -0.2) is 136 Å². The fraction of sp³-hybridized carbons (Fsp3) is 0.462. The minimum atomic E-state index is -1.97. The Morgan fingerprint density at radius 3 is 1.69 bits per heavy atom. The number of hydrogen-bond donors (Lipinski definition) is 3. The fourth-order valence-electron chi connectivity index (χ4n) is 10.1. The predicted octanol–water partition coefficient (Wildman–Crippen LogP) is 6.66. The molecule has 3 aromatic carbocycles. The maximum atomic E-state index is 10.1. The Kier molecular flexibility index (Phi) is 13.9. The van der Waals surface area contributed by atoms with Gasteiger partial charge in [0.25, 0.3) is 13.0 Å². The Labute approximate surface area is 429 Å². The Morgan fingerprint density at radius 2 is 1.16 bits per heavy atom. The van der Waals surface area contributed by atoms with Crippen LogP contribution in [0, 0.1) is 0 Å². The summed E-state index contributed by atoms with van der Waals surface area (Å²) in [5.41, 5.74) is 8.44. The van der Waals surface area contributed by atoms with Crippen LogP contribution in [0.25, 0.3) is 22.3 Å². The van der Waals surface area contributed by atoms with Crippen LogP contribution in [0.15, 0.2) is 110 Å². The lowest BCUT2D eigenvalue weighted by Crippen LogP contribution is -2.46. The number of nitrogens with one attached hydrogen (secondary N) is 1. The van der Waals surface area contributed by atoms with Gasteiger partial charge in [0.2, 0.25) is 0 Å². The van der Waals surface area contributed by atoms with Gasteiger partial charge in [-0.1, -0.05) is 93.6 Å². The smallest absolute Gasteiger partial charge is 0.272 e. The van der Waals surface area contributed by atoms with Crippen LogP contribution >= 0.6 is 0 Å². The van der Waals surface area contributed by atoms with E-state index in [9.17, 15) is 5.11 Å². The molecule has 0 radical (unpaired) electrons. The zero-order valence-corrected chi connectivity index (χ0v) is 44.1. The molecule has 0 saturated carbocycles. The van der Waals surface area contributed by atoms with E-state index >= 15 is 0 Å². The molecule has 0 amide bonds. The standard InChI is InChI=1S/C33H33N5O6.C19H31N5O5Si/c1-32-27(43-31(41-3)44-32)25(18-39)42-30(32)38-20-36-26-28(34-19-35-29(26)38)37-33(21-10-6-4-7-11-21,22-12-8-5-9-13-22)23-14-16-24(40-2)17-15-23;1-18(2,3)30(6,7)26-8-11-13-19(4,29-17(25-5)28-13)16(27-11)24-10-23-12-14(20)21-9-22-15(12)24/h4-17,19-20,25,27,30-31,39H,18H2,1-3H3,(H,34,35,37);9-11,13,16-17H,8H2,1-7H3,(H2,20,21,22)/t25?,27-,30-,31?,32-;11?,13-,16-,17?,19-/m11/s1. The highest BCUT2D eigenvalue weighted by Crippen LogP contribution is 2.51. The van der Waals surface area contributed by atoms with Gasteiger partial charge in [-0.15, -0.1) is 0 Å². The lowest BCUT2D eigenvalue weighted by molar-refractivity contribution is -0.269. The molecule has 0 spiro atoms. The second-order valence-corrected chi connectivity index (χ2v) is 25.3. The van der Waals surface area contributed by atoms with E-state index in [0.29, 0.717) is 40.6 Å². The Hall–Kier alpha value is -6.02. The molecular formula is C52H64N10O11Si. The highest BCUT2D eigenvalue weighted by Gasteiger charge is 2.64. The number of anilines is 2. The molecule has 74 heavy (non-hydrogen) atoms. The van der Waals surface area contributed by atoms with Crippen molar-refractivity contribution in [2.24, 2.45) is 0 Å². The summed E-state index contributed by atoms with van der Waals surface area (Å²) in [4.78, 5) is 26.8. The summed E-state index contributed by atoms with van der Waals surface area (Å²) >= 11 is 0. The molecule has 22 heteroatoms. The van der Waals surface area contributed by atoms with Crippen LogP contribution in [-0.2, 0) is 47.9 Å². The molecule has 8 heterocycles. The van der Waals surface area contributed by atoms with Gasteiger partial charge in [-0.25, -0.2) is 29.9 Å². The number of rotatable bonds is 14. The van der Waals surface area contributed by atoms with Crippen molar-refractivity contribution in [2.45, 2.75) is 119 Å². The van der Waals surface area contributed by atoms with Crippen LogP contribution in [0.5, 0.6) is 5.75 Å². The minimum Gasteiger partial charge on any atom is -0.497 e. The SMILES string of the molecule is COC1O[C@@H]2C(CO[Si](C)(C)C(C)(C)C)O[C@@H](n3cnc4c(N)ncnc43)[C@]2(C)O1.COc1ccc(C(Nc2ncnc3c2ncn3[C@@H]2OC(CO)[C@H]3OC(OC)O[C@]32C)(c2ccccc2)c2ccccc2)cc1. The molecule has 4 aromatic heterocycles. The van der Waals surface area contributed by atoms with E-state index in [1.807, 2.05) is 66.9 Å². The number of nitrogen functional groups attached to an aromatic ring is 1. The van der Waals surface area contributed by atoms with Crippen LogP contribution in [0.2, 0.25) is 18.1 Å². The normalized spacial score (nSPS) is 27.8.